The number of rotatable bonds is 7. The third-order valence-electron chi connectivity index (χ3n) is 6.52. The molecule has 1 heterocycles. The SMILES string of the molecule is CCn1c(CCC(=O)N[C@@H]2CCC[C@@H](C)[C@H]2C)nc2cc(S(=O)(=O)N(C)C)ccc21. The van der Waals surface area contributed by atoms with Crippen molar-refractivity contribution in [2.24, 2.45) is 11.8 Å². The molecule has 7 nitrogen and oxygen atoms in total. The van der Waals surface area contributed by atoms with Crippen molar-refractivity contribution in [1.82, 2.24) is 19.2 Å². The van der Waals surface area contributed by atoms with E-state index >= 15 is 0 Å². The van der Waals surface area contributed by atoms with E-state index < -0.39 is 10.0 Å². The lowest BCUT2D eigenvalue weighted by atomic mass is 9.78. The molecule has 1 amide bonds. The number of imidazole rings is 1. The molecule has 0 radical (unpaired) electrons. The van der Waals surface area contributed by atoms with Crippen LogP contribution in [0.5, 0.6) is 0 Å². The Labute approximate surface area is 179 Å². The summed E-state index contributed by atoms with van der Waals surface area (Å²) in [7, 11) is -0.479. The molecule has 1 aromatic carbocycles. The summed E-state index contributed by atoms with van der Waals surface area (Å²) in [5, 5.41) is 3.22. The Balaban J connectivity index is 1.75. The molecule has 166 valence electrons. The van der Waals surface area contributed by atoms with Crippen LogP contribution in [0.25, 0.3) is 11.0 Å². The van der Waals surface area contributed by atoms with Crippen molar-refractivity contribution >= 4 is 27.0 Å². The number of carbonyl (C=O) groups excluding carboxylic acids is 1. The molecule has 3 rings (SSSR count). The van der Waals surface area contributed by atoms with Gasteiger partial charge in [0.15, 0.2) is 0 Å². The van der Waals surface area contributed by atoms with E-state index in [9.17, 15) is 13.2 Å². The average molecular weight is 435 g/mol. The van der Waals surface area contributed by atoms with Gasteiger partial charge in [-0.25, -0.2) is 17.7 Å². The molecule has 1 aliphatic carbocycles. The highest BCUT2D eigenvalue weighted by Crippen LogP contribution is 2.29. The summed E-state index contributed by atoms with van der Waals surface area (Å²) in [5.41, 5.74) is 1.53. The molecule has 30 heavy (non-hydrogen) atoms. The molecule has 1 fully saturated rings. The summed E-state index contributed by atoms with van der Waals surface area (Å²) in [5.74, 6) is 2.01. The highest BCUT2D eigenvalue weighted by Gasteiger charge is 2.28. The standard InChI is InChI=1S/C22H34N4O3S/c1-6-26-20-11-10-17(30(28,29)25(4)5)14-19(20)23-21(26)12-13-22(27)24-18-9-7-8-15(2)16(18)3/h10-11,14-16,18H,6-9,12-13H2,1-5H3,(H,24,27)/t15-,16-,18-/m1/s1. The zero-order chi connectivity index (χ0) is 22.1. The first kappa shape index (κ1) is 22.7. The van der Waals surface area contributed by atoms with Crippen molar-refractivity contribution in [3.8, 4) is 0 Å². The van der Waals surface area contributed by atoms with Crippen molar-refractivity contribution < 1.29 is 13.2 Å². The van der Waals surface area contributed by atoms with E-state index in [0.29, 0.717) is 36.7 Å². The lowest BCUT2D eigenvalue weighted by Gasteiger charge is -2.34. The minimum Gasteiger partial charge on any atom is -0.353 e. The van der Waals surface area contributed by atoms with Crippen molar-refractivity contribution in [1.29, 1.82) is 0 Å². The van der Waals surface area contributed by atoms with Crippen LogP contribution in [0.15, 0.2) is 23.1 Å². The summed E-state index contributed by atoms with van der Waals surface area (Å²) in [6.07, 6.45) is 4.36. The number of hydrogen-bond donors (Lipinski definition) is 1. The Kier molecular flexibility index (Phi) is 6.87. The lowest BCUT2D eigenvalue weighted by molar-refractivity contribution is -0.122. The van der Waals surface area contributed by atoms with Gasteiger partial charge >= 0.3 is 0 Å². The first-order valence-electron chi connectivity index (χ1n) is 10.9. The fraction of sp³-hybridized carbons (Fsp3) is 0.636. The van der Waals surface area contributed by atoms with Gasteiger partial charge in [0.2, 0.25) is 15.9 Å². The van der Waals surface area contributed by atoms with Crippen LogP contribution in [-0.2, 0) is 27.8 Å². The molecule has 0 aliphatic heterocycles. The van der Waals surface area contributed by atoms with Crippen molar-refractivity contribution in [3.05, 3.63) is 24.0 Å². The fourth-order valence-corrected chi connectivity index (χ4v) is 5.29. The highest BCUT2D eigenvalue weighted by molar-refractivity contribution is 7.89. The van der Waals surface area contributed by atoms with Crippen molar-refractivity contribution in [2.45, 2.75) is 70.4 Å². The van der Waals surface area contributed by atoms with Gasteiger partial charge in [-0.1, -0.05) is 26.7 Å². The Morgan fingerprint density at radius 1 is 1.27 bits per heavy atom. The van der Waals surface area contributed by atoms with E-state index in [1.54, 1.807) is 18.2 Å². The number of sulfonamides is 1. The van der Waals surface area contributed by atoms with Crippen LogP contribution in [-0.4, -0.2) is 48.3 Å². The van der Waals surface area contributed by atoms with Crippen molar-refractivity contribution in [3.63, 3.8) is 0 Å². The molecule has 1 N–H and O–H groups in total. The number of aryl methyl sites for hydroxylation is 2. The van der Waals surface area contributed by atoms with Gasteiger partial charge in [-0.05, 0) is 43.4 Å². The Morgan fingerprint density at radius 3 is 2.67 bits per heavy atom. The molecule has 2 aromatic rings. The van der Waals surface area contributed by atoms with Gasteiger partial charge in [0, 0.05) is 39.5 Å². The maximum absolute atomic E-state index is 12.6. The monoisotopic (exact) mass is 434 g/mol. The molecular formula is C22H34N4O3S. The Morgan fingerprint density at radius 2 is 2.00 bits per heavy atom. The van der Waals surface area contributed by atoms with Crippen LogP contribution >= 0.6 is 0 Å². The minimum atomic E-state index is -3.51. The number of fused-ring (bicyclic) bond motifs is 1. The second-order valence-corrected chi connectivity index (χ2v) is 10.8. The summed E-state index contributed by atoms with van der Waals surface area (Å²) in [6, 6.07) is 5.29. The van der Waals surface area contributed by atoms with Gasteiger partial charge < -0.3 is 9.88 Å². The average Bonchev–Trinajstić information content (AvgIpc) is 3.06. The van der Waals surface area contributed by atoms with E-state index in [1.165, 1.54) is 31.2 Å². The molecule has 1 aromatic heterocycles. The smallest absolute Gasteiger partial charge is 0.242 e. The Hall–Kier alpha value is -1.93. The van der Waals surface area contributed by atoms with Gasteiger partial charge in [0.05, 0.1) is 15.9 Å². The quantitative estimate of drug-likeness (QED) is 0.725. The van der Waals surface area contributed by atoms with Crippen LogP contribution in [0.4, 0.5) is 0 Å². The molecule has 0 bridgehead atoms. The van der Waals surface area contributed by atoms with E-state index in [0.717, 1.165) is 17.8 Å². The number of carbonyl (C=O) groups is 1. The van der Waals surface area contributed by atoms with Crippen LogP contribution in [0.3, 0.4) is 0 Å². The molecule has 1 aliphatic rings. The van der Waals surface area contributed by atoms with E-state index in [-0.39, 0.29) is 16.8 Å². The lowest BCUT2D eigenvalue weighted by Crippen LogP contribution is -2.43. The maximum Gasteiger partial charge on any atom is 0.242 e. The summed E-state index contributed by atoms with van der Waals surface area (Å²) in [6.45, 7) is 7.23. The predicted molar refractivity (Wildman–Crippen MR) is 119 cm³/mol. The molecule has 0 unspecified atom stereocenters. The zero-order valence-corrected chi connectivity index (χ0v) is 19.5. The zero-order valence-electron chi connectivity index (χ0n) is 18.7. The van der Waals surface area contributed by atoms with Crippen LogP contribution < -0.4 is 5.32 Å². The van der Waals surface area contributed by atoms with Crippen molar-refractivity contribution in [2.75, 3.05) is 14.1 Å². The first-order valence-corrected chi connectivity index (χ1v) is 12.3. The third-order valence-corrected chi connectivity index (χ3v) is 8.33. The van der Waals surface area contributed by atoms with Crippen LogP contribution in [0.2, 0.25) is 0 Å². The molecule has 0 spiro atoms. The van der Waals surface area contributed by atoms with Gasteiger partial charge in [0.1, 0.15) is 5.82 Å². The van der Waals surface area contributed by atoms with E-state index in [2.05, 4.69) is 28.7 Å². The molecule has 0 saturated heterocycles. The molecule has 8 heteroatoms. The van der Waals surface area contributed by atoms with Crippen LogP contribution in [0.1, 0.15) is 52.3 Å². The number of amides is 1. The second-order valence-electron chi connectivity index (χ2n) is 8.65. The fourth-order valence-electron chi connectivity index (χ4n) is 4.36. The van der Waals surface area contributed by atoms with E-state index in [4.69, 9.17) is 0 Å². The van der Waals surface area contributed by atoms with Gasteiger partial charge in [0.25, 0.3) is 0 Å². The maximum atomic E-state index is 12.6. The summed E-state index contributed by atoms with van der Waals surface area (Å²) >= 11 is 0. The summed E-state index contributed by atoms with van der Waals surface area (Å²) in [4.78, 5) is 17.5. The minimum absolute atomic E-state index is 0.0616. The Bertz CT molecular complexity index is 1010. The van der Waals surface area contributed by atoms with Gasteiger partial charge in [-0.2, -0.15) is 0 Å². The van der Waals surface area contributed by atoms with Gasteiger partial charge in [-0.15, -0.1) is 0 Å². The largest absolute Gasteiger partial charge is 0.353 e. The number of hydrogen-bond acceptors (Lipinski definition) is 4. The molecule has 1 saturated carbocycles. The second kappa shape index (κ2) is 9.06. The van der Waals surface area contributed by atoms with Crippen LogP contribution in [0, 0.1) is 11.8 Å². The summed E-state index contributed by atoms with van der Waals surface area (Å²) < 4.78 is 28.1. The van der Waals surface area contributed by atoms with Gasteiger partial charge in [-0.3, -0.25) is 4.79 Å². The first-order chi connectivity index (χ1) is 14.1. The third kappa shape index (κ3) is 4.54. The molecule has 3 atom stereocenters. The normalized spacial score (nSPS) is 22.5. The number of aromatic nitrogens is 2. The number of benzene rings is 1. The number of nitrogens with zero attached hydrogens (tertiary/aromatic N) is 3. The van der Waals surface area contributed by atoms with E-state index in [1.807, 2.05) is 6.92 Å². The topological polar surface area (TPSA) is 84.3 Å². The number of nitrogens with one attached hydrogen (secondary N) is 1. The molecular weight excluding hydrogens is 400 g/mol. The predicted octanol–water partition coefficient (Wildman–Crippen LogP) is 3.18. The highest BCUT2D eigenvalue weighted by atomic mass is 32.2.